The van der Waals surface area contributed by atoms with E-state index >= 15 is 0 Å². The molecule has 5 nitrogen and oxygen atoms in total. The summed E-state index contributed by atoms with van der Waals surface area (Å²) >= 11 is 1.62. The predicted molar refractivity (Wildman–Crippen MR) is 126 cm³/mol. The van der Waals surface area contributed by atoms with E-state index in [0.29, 0.717) is 17.9 Å². The Balaban J connectivity index is 1.44. The van der Waals surface area contributed by atoms with Gasteiger partial charge in [-0.05, 0) is 30.4 Å². The second kappa shape index (κ2) is 9.43. The van der Waals surface area contributed by atoms with Crippen molar-refractivity contribution in [2.24, 2.45) is 0 Å². The maximum Gasteiger partial charge on any atom is 0.411 e. The van der Waals surface area contributed by atoms with E-state index < -0.39 is 6.09 Å². The highest BCUT2D eigenvalue weighted by molar-refractivity contribution is 8.00. The molecule has 1 N–H and O–H groups in total. The number of anilines is 1. The number of thioether (sulfide) groups is 1. The van der Waals surface area contributed by atoms with Gasteiger partial charge in [0, 0.05) is 5.39 Å². The Hall–Kier alpha value is -2.99. The zero-order chi connectivity index (χ0) is 21.8. The van der Waals surface area contributed by atoms with E-state index in [4.69, 9.17) is 4.74 Å². The van der Waals surface area contributed by atoms with Crippen molar-refractivity contribution >= 4 is 40.2 Å². The van der Waals surface area contributed by atoms with E-state index in [2.05, 4.69) is 29.6 Å². The van der Waals surface area contributed by atoms with Crippen molar-refractivity contribution in [1.82, 2.24) is 4.90 Å². The molecule has 3 aromatic carbocycles. The normalized spacial score (nSPS) is 17.0. The van der Waals surface area contributed by atoms with Crippen LogP contribution in [0, 0.1) is 6.92 Å². The van der Waals surface area contributed by atoms with Crippen LogP contribution in [0.4, 0.5) is 10.5 Å². The monoisotopic (exact) mass is 434 g/mol. The average molecular weight is 435 g/mol. The summed E-state index contributed by atoms with van der Waals surface area (Å²) in [5.74, 6) is 0.525. The second-order valence-electron chi connectivity index (χ2n) is 7.69. The van der Waals surface area contributed by atoms with Crippen LogP contribution in [0.1, 0.15) is 29.8 Å². The summed E-state index contributed by atoms with van der Waals surface area (Å²) in [4.78, 5) is 27.1. The highest BCUT2D eigenvalue weighted by atomic mass is 32.2. The van der Waals surface area contributed by atoms with Gasteiger partial charge in [0.15, 0.2) is 0 Å². The number of fused-ring (bicyclic) bond motifs is 1. The molecule has 0 unspecified atom stereocenters. The Bertz CT molecular complexity index is 1080. The minimum absolute atomic E-state index is 0.0530. The molecule has 0 bridgehead atoms. The number of hydrogen-bond donors (Lipinski definition) is 1. The van der Waals surface area contributed by atoms with Crippen LogP contribution >= 0.6 is 11.8 Å². The molecule has 0 aliphatic carbocycles. The lowest BCUT2D eigenvalue weighted by molar-refractivity contribution is -0.131. The zero-order valence-electron chi connectivity index (χ0n) is 17.7. The second-order valence-corrected chi connectivity index (χ2v) is 8.76. The number of aryl methyl sites for hydroxylation is 1. The van der Waals surface area contributed by atoms with Crippen LogP contribution in [0.15, 0.2) is 66.7 Å². The summed E-state index contributed by atoms with van der Waals surface area (Å²) in [7, 11) is 0. The number of carbonyl (C=O) groups excluding carboxylic acids is 2. The van der Waals surface area contributed by atoms with Gasteiger partial charge >= 0.3 is 6.09 Å². The van der Waals surface area contributed by atoms with Gasteiger partial charge in [-0.15, -0.1) is 11.8 Å². The quantitative estimate of drug-likeness (QED) is 0.537. The molecule has 1 fully saturated rings. The summed E-state index contributed by atoms with van der Waals surface area (Å²) in [6.45, 7) is 4.21. The molecule has 0 aromatic heterocycles. The fraction of sp³-hybridized carbons (Fsp3) is 0.280. The largest absolute Gasteiger partial charge is 0.447 e. The average Bonchev–Trinajstić information content (AvgIpc) is 3.16. The molecule has 0 saturated carbocycles. The number of nitrogens with one attached hydrogen (secondary N) is 1. The fourth-order valence-corrected chi connectivity index (χ4v) is 5.12. The Labute approximate surface area is 186 Å². The first kappa shape index (κ1) is 21.2. The molecule has 0 spiro atoms. The van der Waals surface area contributed by atoms with Crippen molar-refractivity contribution in [2.75, 3.05) is 17.7 Å². The van der Waals surface area contributed by atoms with Gasteiger partial charge in [0.25, 0.3) is 0 Å². The van der Waals surface area contributed by atoms with Crippen molar-refractivity contribution in [2.45, 2.75) is 31.7 Å². The first-order chi connectivity index (χ1) is 15.1. The molecule has 2 amide bonds. The van der Waals surface area contributed by atoms with E-state index in [0.717, 1.165) is 16.3 Å². The smallest absolute Gasteiger partial charge is 0.411 e. The van der Waals surface area contributed by atoms with Crippen molar-refractivity contribution in [1.29, 1.82) is 0 Å². The maximum atomic E-state index is 12.7. The third kappa shape index (κ3) is 4.69. The molecule has 160 valence electrons. The van der Waals surface area contributed by atoms with Gasteiger partial charge < -0.3 is 9.64 Å². The Morgan fingerprint density at radius 1 is 1.13 bits per heavy atom. The molecule has 1 heterocycles. The van der Waals surface area contributed by atoms with Gasteiger partial charge in [0.1, 0.15) is 12.0 Å². The summed E-state index contributed by atoms with van der Waals surface area (Å²) in [6.07, 6.45) is 0.192. The Kier molecular flexibility index (Phi) is 6.47. The number of rotatable bonds is 6. The maximum absolute atomic E-state index is 12.7. The molecule has 1 aliphatic heterocycles. The topological polar surface area (TPSA) is 58.6 Å². The highest BCUT2D eigenvalue weighted by Crippen LogP contribution is 2.40. The number of ether oxygens (including phenoxy) is 1. The third-order valence-corrected chi connectivity index (χ3v) is 6.79. The van der Waals surface area contributed by atoms with Crippen molar-refractivity contribution in [3.05, 3.63) is 77.9 Å². The van der Waals surface area contributed by atoms with E-state index in [-0.39, 0.29) is 23.9 Å². The summed E-state index contributed by atoms with van der Waals surface area (Å²) < 4.78 is 5.56. The van der Waals surface area contributed by atoms with E-state index in [9.17, 15) is 9.59 Å². The SMILES string of the molecule is CC[C@H](COC(=O)Nc1cccc2ccccc12)N1C(=O)CS[C@@H]1c1ccc(C)cc1. The third-order valence-electron chi connectivity index (χ3n) is 5.57. The molecule has 2 atom stereocenters. The number of nitrogens with zero attached hydrogens (tertiary/aromatic N) is 1. The van der Waals surface area contributed by atoms with E-state index in [1.54, 1.807) is 11.8 Å². The molecule has 3 aromatic rings. The van der Waals surface area contributed by atoms with Crippen LogP contribution < -0.4 is 5.32 Å². The van der Waals surface area contributed by atoms with E-state index in [1.807, 2.05) is 61.2 Å². The fourth-order valence-electron chi connectivity index (χ4n) is 3.87. The molecule has 0 radical (unpaired) electrons. The minimum atomic E-state index is -0.513. The van der Waals surface area contributed by atoms with Crippen LogP contribution in [-0.2, 0) is 9.53 Å². The predicted octanol–water partition coefficient (Wildman–Crippen LogP) is 5.75. The summed E-state index contributed by atoms with van der Waals surface area (Å²) in [5, 5.41) is 4.80. The number of carbonyl (C=O) groups is 2. The lowest BCUT2D eigenvalue weighted by Crippen LogP contribution is -2.41. The van der Waals surface area contributed by atoms with E-state index in [1.165, 1.54) is 5.56 Å². The van der Waals surface area contributed by atoms with Crippen molar-refractivity contribution in [3.63, 3.8) is 0 Å². The molecule has 31 heavy (non-hydrogen) atoms. The van der Waals surface area contributed by atoms with Gasteiger partial charge in [-0.25, -0.2) is 4.79 Å². The standard InChI is InChI=1S/C25H26N2O3S/c1-3-20(27-23(28)16-31-24(27)19-13-11-17(2)12-14-19)15-30-25(29)26-22-10-6-8-18-7-4-5-9-21(18)22/h4-14,20,24H,3,15-16H2,1-2H3,(H,26,29)/t20-,24-/m1/s1. The van der Waals surface area contributed by atoms with Crippen LogP contribution in [0.3, 0.4) is 0 Å². The zero-order valence-corrected chi connectivity index (χ0v) is 18.5. The molecule has 1 aliphatic rings. The van der Waals surface area contributed by atoms with Crippen LogP contribution in [0.25, 0.3) is 10.8 Å². The summed E-state index contributed by atoms with van der Waals surface area (Å²) in [5.41, 5.74) is 2.99. The molecular weight excluding hydrogens is 408 g/mol. The number of benzene rings is 3. The Morgan fingerprint density at radius 3 is 2.65 bits per heavy atom. The van der Waals surface area contributed by atoms with Gasteiger partial charge in [0.2, 0.25) is 5.91 Å². The van der Waals surface area contributed by atoms with Crippen LogP contribution in [0.5, 0.6) is 0 Å². The Morgan fingerprint density at radius 2 is 1.87 bits per heavy atom. The number of amides is 2. The van der Waals surface area contributed by atoms with Crippen LogP contribution in [-0.4, -0.2) is 35.3 Å². The minimum Gasteiger partial charge on any atom is -0.447 e. The first-order valence-electron chi connectivity index (χ1n) is 10.5. The van der Waals surface area contributed by atoms with Gasteiger partial charge in [0.05, 0.1) is 17.5 Å². The highest BCUT2D eigenvalue weighted by Gasteiger charge is 2.37. The van der Waals surface area contributed by atoms with Gasteiger partial charge in [-0.1, -0.05) is 73.2 Å². The molecular formula is C25H26N2O3S. The summed E-state index contributed by atoms with van der Waals surface area (Å²) in [6, 6.07) is 21.7. The molecule has 6 heteroatoms. The lowest BCUT2D eigenvalue weighted by atomic mass is 10.1. The first-order valence-corrected chi connectivity index (χ1v) is 11.5. The van der Waals surface area contributed by atoms with Crippen LogP contribution in [0.2, 0.25) is 0 Å². The van der Waals surface area contributed by atoms with Crippen molar-refractivity contribution < 1.29 is 14.3 Å². The number of hydrogen-bond acceptors (Lipinski definition) is 4. The molecule has 4 rings (SSSR count). The van der Waals surface area contributed by atoms with Gasteiger partial charge in [-0.3, -0.25) is 10.1 Å². The molecule has 1 saturated heterocycles. The van der Waals surface area contributed by atoms with Gasteiger partial charge in [-0.2, -0.15) is 0 Å². The lowest BCUT2D eigenvalue weighted by Gasteiger charge is -2.32. The van der Waals surface area contributed by atoms with Crippen molar-refractivity contribution in [3.8, 4) is 0 Å².